The number of thiophene rings is 1. The van der Waals surface area contributed by atoms with Gasteiger partial charge in [-0.1, -0.05) is 54.6 Å². The number of ether oxygens (including phenoxy) is 1. The van der Waals surface area contributed by atoms with Crippen LogP contribution in [0.4, 0.5) is 0 Å². The van der Waals surface area contributed by atoms with Gasteiger partial charge in [-0.05, 0) is 41.7 Å². The standard InChI is InChI=1S/C27H31N3O7S3/c1-39(32,33)29-16-17-30(23(19-29)27(31)28-37-25-9-5-6-18-36-25)40(34,35)26-15-14-24(38-26)22-12-10-21(11-13-22)20-7-3-2-4-8-20/h2-4,7-8,10-15,23,25H,5-6,9,16-19H2,1H3,(H,28,31)/t23-,25?/m1/s1. The van der Waals surface area contributed by atoms with E-state index in [-0.39, 0.29) is 23.8 Å². The molecule has 13 heteroatoms. The fraction of sp³-hybridized carbons (Fsp3) is 0.370. The Labute approximate surface area is 238 Å². The monoisotopic (exact) mass is 605 g/mol. The summed E-state index contributed by atoms with van der Waals surface area (Å²) in [5.74, 6) is -0.751. The molecule has 0 aliphatic carbocycles. The summed E-state index contributed by atoms with van der Waals surface area (Å²) in [5.41, 5.74) is 5.31. The van der Waals surface area contributed by atoms with E-state index in [1.54, 1.807) is 6.07 Å². The normalized spacial score (nSPS) is 21.2. The van der Waals surface area contributed by atoms with Gasteiger partial charge in [0.15, 0.2) is 6.29 Å². The lowest BCUT2D eigenvalue weighted by atomic mass is 10.0. The molecular weight excluding hydrogens is 575 g/mol. The minimum atomic E-state index is -4.12. The van der Waals surface area contributed by atoms with Gasteiger partial charge in [0.1, 0.15) is 10.3 Å². The number of nitrogens with zero attached hydrogens (tertiary/aromatic N) is 2. The van der Waals surface area contributed by atoms with Gasteiger partial charge in [-0.15, -0.1) is 11.3 Å². The third-order valence-corrected chi connectivity index (χ3v) is 11.7. The molecule has 0 saturated carbocycles. The van der Waals surface area contributed by atoms with E-state index in [0.29, 0.717) is 13.0 Å². The number of sulfonamides is 2. The van der Waals surface area contributed by atoms with Crippen LogP contribution in [0.25, 0.3) is 21.6 Å². The smallest absolute Gasteiger partial charge is 0.263 e. The maximum atomic E-state index is 13.8. The summed E-state index contributed by atoms with van der Waals surface area (Å²) < 4.78 is 59.7. The minimum absolute atomic E-state index is 0.0619. The van der Waals surface area contributed by atoms with Gasteiger partial charge in [-0.25, -0.2) is 27.2 Å². The Hall–Kier alpha value is -2.65. The van der Waals surface area contributed by atoms with Crippen LogP contribution >= 0.6 is 11.3 Å². The number of carbonyl (C=O) groups is 1. The van der Waals surface area contributed by atoms with Crippen LogP contribution < -0.4 is 5.48 Å². The van der Waals surface area contributed by atoms with Crippen molar-refractivity contribution in [3.8, 4) is 21.6 Å². The van der Waals surface area contributed by atoms with Crippen LogP contribution in [0.15, 0.2) is 70.9 Å². The number of hydroxylamine groups is 1. The SMILES string of the molecule is CS(=O)(=O)N1CCN(S(=O)(=O)c2ccc(-c3ccc(-c4ccccc4)cc3)s2)[C@@H](C(=O)NOC2CCCCO2)C1. The first-order chi connectivity index (χ1) is 19.1. The van der Waals surface area contributed by atoms with Crippen molar-refractivity contribution in [3.05, 3.63) is 66.7 Å². The molecule has 5 rings (SSSR count). The lowest BCUT2D eigenvalue weighted by Crippen LogP contribution is -2.61. The first kappa shape index (κ1) is 28.9. The zero-order valence-corrected chi connectivity index (χ0v) is 24.4. The summed E-state index contributed by atoms with van der Waals surface area (Å²) in [6, 6.07) is 19.7. The number of hydrogen-bond acceptors (Lipinski definition) is 8. The van der Waals surface area contributed by atoms with E-state index < -0.39 is 38.3 Å². The van der Waals surface area contributed by atoms with Crippen LogP contribution in [0.2, 0.25) is 0 Å². The van der Waals surface area contributed by atoms with Crippen LogP contribution in [-0.2, 0) is 34.4 Å². The zero-order chi connectivity index (χ0) is 28.3. The van der Waals surface area contributed by atoms with Gasteiger partial charge in [-0.3, -0.25) is 4.79 Å². The Bertz CT molecular complexity index is 1540. The van der Waals surface area contributed by atoms with E-state index >= 15 is 0 Å². The van der Waals surface area contributed by atoms with E-state index in [1.807, 2.05) is 54.6 Å². The predicted octanol–water partition coefficient (Wildman–Crippen LogP) is 3.29. The number of carbonyl (C=O) groups excluding carboxylic acids is 1. The number of rotatable bonds is 8. The molecule has 40 heavy (non-hydrogen) atoms. The highest BCUT2D eigenvalue weighted by Crippen LogP contribution is 2.34. The molecule has 1 N–H and O–H groups in total. The molecule has 10 nitrogen and oxygen atoms in total. The minimum Gasteiger partial charge on any atom is -0.350 e. The van der Waals surface area contributed by atoms with E-state index in [2.05, 4.69) is 5.48 Å². The van der Waals surface area contributed by atoms with Crippen molar-refractivity contribution in [2.24, 2.45) is 0 Å². The number of piperazine rings is 1. The summed E-state index contributed by atoms with van der Waals surface area (Å²) in [6.45, 7) is -0.0555. The Balaban J connectivity index is 1.36. The van der Waals surface area contributed by atoms with Gasteiger partial charge in [0.25, 0.3) is 15.9 Å². The maximum Gasteiger partial charge on any atom is 0.263 e. The van der Waals surface area contributed by atoms with Crippen molar-refractivity contribution in [2.45, 2.75) is 35.8 Å². The second-order valence-electron chi connectivity index (χ2n) is 9.69. The molecular formula is C27H31N3O7S3. The number of amides is 1. The summed E-state index contributed by atoms with van der Waals surface area (Å²) in [5, 5.41) is 0. The average molecular weight is 606 g/mol. The highest BCUT2D eigenvalue weighted by atomic mass is 32.2. The summed E-state index contributed by atoms with van der Waals surface area (Å²) in [6.07, 6.45) is 2.76. The van der Waals surface area contributed by atoms with E-state index in [9.17, 15) is 21.6 Å². The first-order valence-corrected chi connectivity index (χ1v) is 17.0. The van der Waals surface area contributed by atoms with Crippen molar-refractivity contribution in [1.82, 2.24) is 14.1 Å². The first-order valence-electron chi connectivity index (χ1n) is 12.9. The van der Waals surface area contributed by atoms with Gasteiger partial charge >= 0.3 is 0 Å². The molecule has 2 fully saturated rings. The molecule has 2 aliphatic rings. The molecule has 0 spiro atoms. The molecule has 0 radical (unpaired) electrons. The average Bonchev–Trinajstić information content (AvgIpc) is 3.48. The molecule has 2 aliphatic heterocycles. The number of nitrogens with one attached hydrogen (secondary N) is 1. The maximum absolute atomic E-state index is 13.8. The van der Waals surface area contributed by atoms with E-state index in [1.165, 1.54) is 6.07 Å². The molecule has 1 amide bonds. The van der Waals surface area contributed by atoms with Gasteiger partial charge in [0, 0.05) is 37.5 Å². The second kappa shape index (κ2) is 12.1. The second-order valence-corrected chi connectivity index (χ2v) is 14.9. The molecule has 0 bridgehead atoms. The molecule has 2 atom stereocenters. The van der Waals surface area contributed by atoms with Gasteiger partial charge in [0.2, 0.25) is 10.0 Å². The quantitative estimate of drug-likeness (QED) is 0.391. The molecule has 2 saturated heterocycles. The third kappa shape index (κ3) is 6.46. The topological polar surface area (TPSA) is 122 Å². The highest BCUT2D eigenvalue weighted by Gasteiger charge is 2.43. The van der Waals surface area contributed by atoms with Crippen LogP contribution in [0.1, 0.15) is 19.3 Å². The van der Waals surface area contributed by atoms with Crippen molar-refractivity contribution in [1.29, 1.82) is 0 Å². The fourth-order valence-electron chi connectivity index (χ4n) is 4.73. The summed E-state index contributed by atoms with van der Waals surface area (Å²) in [7, 11) is -7.77. The molecule has 1 aromatic heterocycles. The number of benzene rings is 2. The number of hydrogen-bond donors (Lipinski definition) is 1. The lowest BCUT2D eigenvalue weighted by molar-refractivity contribution is -0.202. The molecule has 3 heterocycles. The summed E-state index contributed by atoms with van der Waals surface area (Å²) >= 11 is 1.10. The van der Waals surface area contributed by atoms with Crippen molar-refractivity contribution in [3.63, 3.8) is 0 Å². The summed E-state index contributed by atoms with van der Waals surface area (Å²) in [4.78, 5) is 19.3. The molecule has 2 aromatic carbocycles. The largest absolute Gasteiger partial charge is 0.350 e. The van der Waals surface area contributed by atoms with Gasteiger partial charge in [-0.2, -0.15) is 8.61 Å². The Kier molecular flexibility index (Phi) is 8.71. The lowest BCUT2D eigenvalue weighted by Gasteiger charge is -2.38. The Morgan fingerprint density at radius 3 is 2.30 bits per heavy atom. The predicted molar refractivity (Wildman–Crippen MR) is 152 cm³/mol. The Morgan fingerprint density at radius 1 is 0.925 bits per heavy atom. The van der Waals surface area contributed by atoms with Crippen LogP contribution in [0.3, 0.4) is 0 Å². The van der Waals surface area contributed by atoms with Crippen molar-refractivity contribution < 1.29 is 31.2 Å². The van der Waals surface area contributed by atoms with Crippen molar-refractivity contribution >= 4 is 37.3 Å². The van der Waals surface area contributed by atoms with E-state index in [0.717, 1.165) is 60.6 Å². The molecule has 214 valence electrons. The van der Waals surface area contributed by atoms with Crippen LogP contribution in [0, 0.1) is 0 Å². The van der Waals surface area contributed by atoms with Crippen LogP contribution in [0.5, 0.6) is 0 Å². The van der Waals surface area contributed by atoms with Crippen molar-refractivity contribution in [2.75, 3.05) is 32.5 Å². The molecule has 3 aromatic rings. The Morgan fingerprint density at radius 2 is 1.62 bits per heavy atom. The molecule has 1 unspecified atom stereocenters. The van der Waals surface area contributed by atoms with Gasteiger partial charge in [0.05, 0.1) is 6.26 Å². The zero-order valence-electron chi connectivity index (χ0n) is 21.9. The van der Waals surface area contributed by atoms with Gasteiger partial charge < -0.3 is 4.74 Å². The fourth-order valence-corrected chi connectivity index (χ4v) is 8.56. The third-order valence-electron chi connectivity index (χ3n) is 6.92. The van der Waals surface area contributed by atoms with Crippen LogP contribution in [-0.4, -0.2) is 76.2 Å². The highest BCUT2D eigenvalue weighted by molar-refractivity contribution is 7.91. The van der Waals surface area contributed by atoms with E-state index in [4.69, 9.17) is 9.57 Å².